The highest BCUT2D eigenvalue weighted by Gasteiger charge is 2.19. The monoisotopic (exact) mass is 276 g/mol. The van der Waals surface area contributed by atoms with Gasteiger partial charge >= 0.3 is 5.82 Å². The fraction of sp³-hybridized carbons (Fsp3) is 0.308. The van der Waals surface area contributed by atoms with Crippen LogP contribution in [-0.4, -0.2) is 27.6 Å². The van der Waals surface area contributed by atoms with Gasteiger partial charge in [-0.2, -0.15) is 0 Å². The molecular weight excluding hydrogens is 260 g/mol. The van der Waals surface area contributed by atoms with Crippen LogP contribution in [0.5, 0.6) is 5.75 Å². The Balaban J connectivity index is 1.76. The van der Waals surface area contributed by atoms with Gasteiger partial charge in [-0.25, -0.2) is 0 Å². The van der Waals surface area contributed by atoms with Crippen LogP contribution in [0.2, 0.25) is 0 Å². The molecule has 2 aromatic rings. The van der Waals surface area contributed by atoms with Crippen LogP contribution in [0.25, 0.3) is 0 Å². The van der Waals surface area contributed by atoms with Crippen molar-refractivity contribution >= 4 is 11.6 Å². The lowest BCUT2D eigenvalue weighted by Gasteiger charge is -2.08. The number of benzene rings is 1. The Morgan fingerprint density at radius 3 is 2.85 bits per heavy atom. The number of anilines is 1. The molecule has 0 aliphatic carbocycles. The molecule has 0 atom stereocenters. The largest absolute Gasteiger partial charge is 0.494 e. The van der Waals surface area contributed by atoms with Gasteiger partial charge in [-0.05, 0) is 28.5 Å². The molecule has 1 aromatic carbocycles. The van der Waals surface area contributed by atoms with E-state index in [2.05, 4.69) is 10.3 Å². The number of nitrogens with one attached hydrogen (secondary N) is 1. The van der Waals surface area contributed by atoms with E-state index < -0.39 is 4.92 Å². The van der Waals surface area contributed by atoms with Crippen LogP contribution in [0, 0.1) is 10.1 Å². The Labute approximate surface area is 116 Å². The Morgan fingerprint density at radius 2 is 2.15 bits per heavy atom. The third kappa shape index (κ3) is 3.47. The van der Waals surface area contributed by atoms with Gasteiger partial charge in [0.1, 0.15) is 5.75 Å². The molecule has 0 aliphatic heterocycles. The summed E-state index contributed by atoms with van der Waals surface area (Å²) in [5, 5.41) is 13.8. The summed E-state index contributed by atoms with van der Waals surface area (Å²) in [6.45, 7) is 1.12. The molecule has 0 saturated carbocycles. The third-order valence-corrected chi connectivity index (χ3v) is 2.72. The summed E-state index contributed by atoms with van der Waals surface area (Å²) in [5.74, 6) is 1.07. The number of ether oxygens (including phenoxy) is 1. The van der Waals surface area contributed by atoms with E-state index in [9.17, 15) is 10.1 Å². The summed E-state index contributed by atoms with van der Waals surface area (Å²) in [6, 6.07) is 9.52. The van der Waals surface area contributed by atoms with Gasteiger partial charge in [0.15, 0.2) is 0 Å². The molecule has 7 nitrogen and oxygen atoms in total. The molecule has 0 spiro atoms. The number of hydrogen-bond acceptors (Lipinski definition) is 5. The molecule has 7 heteroatoms. The van der Waals surface area contributed by atoms with Crippen molar-refractivity contribution in [3.8, 4) is 5.75 Å². The lowest BCUT2D eigenvalue weighted by molar-refractivity contribution is -0.388. The van der Waals surface area contributed by atoms with Gasteiger partial charge in [0, 0.05) is 13.6 Å². The molecule has 0 aliphatic rings. The van der Waals surface area contributed by atoms with E-state index in [0.29, 0.717) is 19.0 Å². The lowest BCUT2D eigenvalue weighted by Crippen LogP contribution is -2.10. The molecule has 2 rings (SSSR count). The van der Waals surface area contributed by atoms with E-state index in [1.807, 2.05) is 30.3 Å². The summed E-state index contributed by atoms with van der Waals surface area (Å²) in [6.07, 6.45) is 2.15. The van der Waals surface area contributed by atoms with E-state index in [0.717, 1.165) is 12.2 Å². The molecule has 0 saturated heterocycles. The number of hydrogen-bond donors (Lipinski definition) is 1. The van der Waals surface area contributed by atoms with Gasteiger partial charge in [-0.15, -0.1) is 0 Å². The maximum atomic E-state index is 10.8. The van der Waals surface area contributed by atoms with Gasteiger partial charge in [-0.3, -0.25) is 4.57 Å². The molecule has 0 radical (unpaired) electrons. The van der Waals surface area contributed by atoms with E-state index in [1.54, 1.807) is 11.6 Å². The van der Waals surface area contributed by atoms with Gasteiger partial charge in [-0.1, -0.05) is 18.2 Å². The molecule has 106 valence electrons. The first-order chi connectivity index (χ1) is 9.68. The fourth-order valence-electron chi connectivity index (χ4n) is 1.74. The van der Waals surface area contributed by atoms with Crippen LogP contribution >= 0.6 is 0 Å². The topological polar surface area (TPSA) is 82.2 Å². The standard InChI is InChI=1S/C13H16N4O3/c1-16-10-15-13(17(18)19)12(16)14-8-5-9-20-11-6-3-2-4-7-11/h2-4,6-7,10,14H,5,8-9H2,1H3. The number of aryl methyl sites for hydroxylation is 1. The van der Waals surface area contributed by atoms with Crippen molar-refractivity contribution < 1.29 is 9.66 Å². The van der Waals surface area contributed by atoms with Crippen LogP contribution in [0.4, 0.5) is 11.6 Å². The minimum Gasteiger partial charge on any atom is -0.494 e. The summed E-state index contributed by atoms with van der Waals surface area (Å²) in [4.78, 5) is 14.0. The third-order valence-electron chi connectivity index (χ3n) is 2.72. The molecule has 0 bridgehead atoms. The van der Waals surface area contributed by atoms with Crippen molar-refractivity contribution in [3.63, 3.8) is 0 Å². The van der Waals surface area contributed by atoms with E-state index >= 15 is 0 Å². The molecular formula is C13H16N4O3. The smallest absolute Gasteiger partial charge is 0.406 e. The summed E-state index contributed by atoms with van der Waals surface area (Å²) in [5.41, 5.74) is 0. The second-order valence-corrected chi connectivity index (χ2v) is 4.23. The number of rotatable bonds is 7. The second-order valence-electron chi connectivity index (χ2n) is 4.23. The van der Waals surface area contributed by atoms with Crippen LogP contribution < -0.4 is 10.1 Å². The van der Waals surface area contributed by atoms with Crippen molar-refractivity contribution in [2.75, 3.05) is 18.5 Å². The summed E-state index contributed by atoms with van der Waals surface area (Å²) >= 11 is 0. The molecule has 1 heterocycles. The van der Waals surface area contributed by atoms with Gasteiger partial charge in [0.05, 0.1) is 6.61 Å². The molecule has 1 N–H and O–H groups in total. The quantitative estimate of drug-likeness (QED) is 0.476. The number of nitrogens with zero attached hydrogens (tertiary/aromatic N) is 3. The molecule has 0 fully saturated rings. The Kier molecular flexibility index (Phi) is 4.54. The number of aromatic nitrogens is 2. The number of imidazole rings is 1. The Bertz CT molecular complexity index is 568. The second kappa shape index (κ2) is 6.55. The summed E-state index contributed by atoms with van der Waals surface area (Å²) in [7, 11) is 1.71. The zero-order valence-electron chi connectivity index (χ0n) is 11.2. The van der Waals surface area contributed by atoms with Gasteiger partial charge in [0.2, 0.25) is 12.1 Å². The predicted molar refractivity (Wildman–Crippen MR) is 74.9 cm³/mol. The minimum atomic E-state index is -0.497. The molecule has 0 unspecified atom stereocenters. The van der Waals surface area contributed by atoms with E-state index in [-0.39, 0.29) is 5.82 Å². The van der Waals surface area contributed by atoms with Crippen LogP contribution in [-0.2, 0) is 7.05 Å². The van der Waals surface area contributed by atoms with Crippen molar-refractivity contribution in [2.45, 2.75) is 6.42 Å². The minimum absolute atomic E-state index is 0.156. The first-order valence-electron chi connectivity index (χ1n) is 6.26. The first-order valence-corrected chi connectivity index (χ1v) is 6.26. The van der Waals surface area contributed by atoms with E-state index in [4.69, 9.17) is 4.74 Å². The van der Waals surface area contributed by atoms with Crippen LogP contribution in [0.3, 0.4) is 0 Å². The maximum Gasteiger partial charge on any atom is 0.406 e. The van der Waals surface area contributed by atoms with Gasteiger partial charge in [0.25, 0.3) is 0 Å². The fourth-order valence-corrected chi connectivity index (χ4v) is 1.74. The SMILES string of the molecule is Cn1cnc([N+](=O)[O-])c1NCCCOc1ccccc1. The molecule has 0 amide bonds. The molecule has 1 aromatic heterocycles. The molecule has 20 heavy (non-hydrogen) atoms. The predicted octanol–water partition coefficient (Wildman–Crippen LogP) is 2.21. The number of para-hydroxylation sites is 1. The van der Waals surface area contributed by atoms with Crippen molar-refractivity contribution in [3.05, 3.63) is 46.8 Å². The Morgan fingerprint density at radius 1 is 1.40 bits per heavy atom. The average molecular weight is 276 g/mol. The number of nitro groups is 1. The van der Waals surface area contributed by atoms with Crippen molar-refractivity contribution in [2.24, 2.45) is 7.05 Å². The van der Waals surface area contributed by atoms with Crippen LogP contribution in [0.15, 0.2) is 36.7 Å². The highest BCUT2D eigenvalue weighted by molar-refractivity contribution is 5.51. The highest BCUT2D eigenvalue weighted by Crippen LogP contribution is 2.20. The first kappa shape index (κ1) is 13.9. The zero-order chi connectivity index (χ0) is 14.4. The maximum absolute atomic E-state index is 10.8. The van der Waals surface area contributed by atoms with E-state index in [1.165, 1.54) is 6.33 Å². The normalized spacial score (nSPS) is 10.2. The zero-order valence-corrected chi connectivity index (χ0v) is 11.2. The lowest BCUT2D eigenvalue weighted by atomic mass is 10.3. The van der Waals surface area contributed by atoms with Crippen LogP contribution in [0.1, 0.15) is 6.42 Å². The highest BCUT2D eigenvalue weighted by atomic mass is 16.6. The average Bonchev–Trinajstić information content (AvgIpc) is 2.81. The summed E-state index contributed by atoms with van der Waals surface area (Å²) < 4.78 is 7.13. The van der Waals surface area contributed by atoms with Crippen molar-refractivity contribution in [1.29, 1.82) is 0 Å². The van der Waals surface area contributed by atoms with Gasteiger partial charge < -0.3 is 20.2 Å². The van der Waals surface area contributed by atoms with Crippen molar-refractivity contribution in [1.82, 2.24) is 9.55 Å². The Hall–Kier alpha value is -2.57.